The van der Waals surface area contributed by atoms with Gasteiger partial charge < -0.3 is 9.32 Å². The zero-order chi connectivity index (χ0) is 33.2. The molecule has 1 heterocycles. The van der Waals surface area contributed by atoms with Gasteiger partial charge in [-0.2, -0.15) is 0 Å². The summed E-state index contributed by atoms with van der Waals surface area (Å²) in [5.74, 6) is 6.67. The predicted octanol–water partition coefficient (Wildman–Crippen LogP) is 12.1. The molecule has 0 spiro atoms. The van der Waals surface area contributed by atoms with E-state index >= 15 is 0 Å². The van der Waals surface area contributed by atoms with Crippen molar-refractivity contribution in [2.24, 2.45) is 47.3 Å². The Hall–Kier alpha value is -3.52. The maximum atomic E-state index is 7.12. The Balaban J connectivity index is 1.04. The second kappa shape index (κ2) is 12.6. The van der Waals surface area contributed by atoms with Gasteiger partial charge in [0.05, 0.1) is 0 Å². The first-order valence-electron chi connectivity index (χ1n) is 20.5. The van der Waals surface area contributed by atoms with Crippen molar-refractivity contribution >= 4 is 16.7 Å². The van der Waals surface area contributed by atoms with Gasteiger partial charge in [-0.1, -0.05) is 112 Å². The lowest BCUT2D eigenvalue weighted by molar-refractivity contribution is 0.0830. The topological polar surface area (TPSA) is 16.4 Å². The average Bonchev–Trinajstić information content (AvgIpc) is 3.69. The molecular weight excluding hydrogens is 607 g/mol. The number of anilines is 1. The molecule has 0 amide bonds. The van der Waals surface area contributed by atoms with E-state index < -0.39 is 0 Å². The molecule has 10 rings (SSSR count). The SMILES string of the molecule is CC1CCCC2C1C1C=CC=CC1C2(c1ccccc1)C1CCc2c(oc3cc(N(C4=CC=CC5CCCCC45)C4CC=CCC4)ccc23)C1. The highest BCUT2D eigenvalue weighted by Crippen LogP contribution is 2.67. The number of hydrogen-bond acceptors (Lipinski definition) is 2. The van der Waals surface area contributed by atoms with Crippen LogP contribution in [0.2, 0.25) is 0 Å². The molecule has 2 nitrogen and oxygen atoms in total. The highest BCUT2D eigenvalue weighted by molar-refractivity contribution is 5.86. The summed E-state index contributed by atoms with van der Waals surface area (Å²) in [6.45, 7) is 2.57. The van der Waals surface area contributed by atoms with Crippen molar-refractivity contribution < 1.29 is 4.42 Å². The van der Waals surface area contributed by atoms with Crippen LogP contribution in [0.5, 0.6) is 0 Å². The third-order valence-electron chi connectivity index (χ3n) is 15.1. The number of allylic oxidation sites excluding steroid dienone is 9. The molecule has 10 unspecified atom stereocenters. The van der Waals surface area contributed by atoms with Gasteiger partial charge in [-0.05, 0) is 117 Å². The van der Waals surface area contributed by atoms with Gasteiger partial charge in [0, 0.05) is 52.2 Å². The van der Waals surface area contributed by atoms with Crippen LogP contribution in [0.4, 0.5) is 5.69 Å². The maximum absolute atomic E-state index is 7.12. The van der Waals surface area contributed by atoms with Gasteiger partial charge in [0.1, 0.15) is 11.3 Å². The van der Waals surface area contributed by atoms with Crippen LogP contribution in [0.3, 0.4) is 0 Å². The Bertz CT molecular complexity index is 1890. The highest BCUT2D eigenvalue weighted by atomic mass is 16.3. The second-order valence-electron chi connectivity index (χ2n) is 17.2. The van der Waals surface area contributed by atoms with E-state index in [4.69, 9.17) is 4.42 Å². The van der Waals surface area contributed by atoms with Gasteiger partial charge in [0.15, 0.2) is 0 Å². The Morgan fingerprint density at radius 2 is 1.72 bits per heavy atom. The number of furan rings is 1. The minimum Gasteiger partial charge on any atom is -0.461 e. The zero-order valence-electron chi connectivity index (χ0n) is 30.1. The van der Waals surface area contributed by atoms with Crippen molar-refractivity contribution in [3.63, 3.8) is 0 Å². The van der Waals surface area contributed by atoms with E-state index in [1.54, 1.807) is 11.3 Å². The summed E-state index contributed by atoms with van der Waals surface area (Å²) in [5, 5.41) is 1.36. The molecule has 0 saturated heterocycles. The van der Waals surface area contributed by atoms with Crippen LogP contribution >= 0.6 is 0 Å². The van der Waals surface area contributed by atoms with Gasteiger partial charge in [-0.15, -0.1) is 0 Å². The van der Waals surface area contributed by atoms with Crippen LogP contribution < -0.4 is 4.90 Å². The maximum Gasteiger partial charge on any atom is 0.136 e. The summed E-state index contributed by atoms with van der Waals surface area (Å²) in [7, 11) is 0. The zero-order valence-corrected chi connectivity index (χ0v) is 30.1. The minimum atomic E-state index is 0.150. The lowest BCUT2D eigenvalue weighted by Crippen LogP contribution is -2.48. The third-order valence-corrected chi connectivity index (χ3v) is 15.1. The van der Waals surface area contributed by atoms with Crippen LogP contribution in [0.15, 0.2) is 113 Å². The molecule has 7 aliphatic carbocycles. The van der Waals surface area contributed by atoms with E-state index in [0.29, 0.717) is 35.6 Å². The first-order chi connectivity index (χ1) is 24.7. The number of fused-ring (bicyclic) bond motifs is 7. The summed E-state index contributed by atoms with van der Waals surface area (Å²) in [6.07, 6.45) is 38.5. The van der Waals surface area contributed by atoms with Gasteiger partial charge >= 0.3 is 0 Å². The molecule has 258 valence electrons. The first-order valence-corrected chi connectivity index (χ1v) is 20.5. The molecule has 3 fully saturated rings. The predicted molar refractivity (Wildman–Crippen MR) is 207 cm³/mol. The third kappa shape index (κ3) is 4.79. The fraction of sp³-hybridized carbons (Fsp3) is 0.500. The van der Waals surface area contributed by atoms with E-state index in [1.165, 1.54) is 86.6 Å². The molecular formula is C48H55NO. The summed E-state index contributed by atoms with van der Waals surface area (Å²) >= 11 is 0. The van der Waals surface area contributed by atoms with E-state index in [-0.39, 0.29) is 5.41 Å². The van der Waals surface area contributed by atoms with E-state index in [0.717, 1.165) is 42.6 Å². The van der Waals surface area contributed by atoms with Crippen LogP contribution in [0.1, 0.15) is 94.4 Å². The first kappa shape index (κ1) is 31.2. The van der Waals surface area contributed by atoms with E-state index in [2.05, 4.69) is 115 Å². The fourth-order valence-corrected chi connectivity index (χ4v) is 13.2. The number of nitrogens with zero attached hydrogens (tertiary/aromatic N) is 1. The van der Waals surface area contributed by atoms with Crippen molar-refractivity contribution in [3.05, 3.63) is 126 Å². The summed E-state index contributed by atoms with van der Waals surface area (Å²) in [6, 6.07) is 19.7. The molecule has 10 atom stereocenters. The Labute approximate surface area is 300 Å². The molecule has 3 aromatic rings. The largest absolute Gasteiger partial charge is 0.461 e. The minimum absolute atomic E-state index is 0.150. The van der Waals surface area contributed by atoms with Crippen molar-refractivity contribution in [2.75, 3.05) is 4.90 Å². The van der Waals surface area contributed by atoms with Gasteiger partial charge in [-0.25, -0.2) is 0 Å². The molecule has 2 aromatic carbocycles. The van der Waals surface area contributed by atoms with E-state index in [1.807, 2.05) is 0 Å². The molecule has 2 heteroatoms. The van der Waals surface area contributed by atoms with Crippen molar-refractivity contribution in [1.82, 2.24) is 0 Å². The second-order valence-corrected chi connectivity index (χ2v) is 17.2. The molecule has 3 saturated carbocycles. The van der Waals surface area contributed by atoms with Crippen molar-refractivity contribution in [1.29, 1.82) is 0 Å². The number of aryl methyl sites for hydroxylation is 1. The average molecular weight is 662 g/mol. The molecule has 7 aliphatic rings. The molecule has 50 heavy (non-hydrogen) atoms. The molecule has 0 aliphatic heterocycles. The summed E-state index contributed by atoms with van der Waals surface area (Å²) < 4.78 is 7.12. The number of rotatable bonds is 5. The summed E-state index contributed by atoms with van der Waals surface area (Å²) in [4.78, 5) is 2.76. The van der Waals surface area contributed by atoms with Crippen molar-refractivity contribution in [2.45, 2.75) is 102 Å². The Kier molecular flexibility index (Phi) is 7.88. The van der Waals surface area contributed by atoms with Crippen LogP contribution in [0.25, 0.3) is 11.0 Å². The lowest BCUT2D eigenvalue weighted by Gasteiger charge is -2.50. The normalized spacial score (nSPS) is 37.1. The molecule has 0 radical (unpaired) electrons. The van der Waals surface area contributed by atoms with Crippen molar-refractivity contribution in [3.8, 4) is 0 Å². The Morgan fingerprint density at radius 3 is 2.62 bits per heavy atom. The van der Waals surface area contributed by atoms with Crippen LogP contribution in [-0.2, 0) is 18.3 Å². The fourth-order valence-electron chi connectivity index (χ4n) is 13.2. The molecule has 0 bridgehead atoms. The quantitative estimate of drug-likeness (QED) is 0.253. The lowest BCUT2D eigenvalue weighted by atomic mass is 9.53. The number of hydrogen-bond donors (Lipinski definition) is 0. The monoisotopic (exact) mass is 661 g/mol. The smallest absolute Gasteiger partial charge is 0.136 e. The Morgan fingerprint density at radius 1 is 0.820 bits per heavy atom. The summed E-state index contributed by atoms with van der Waals surface area (Å²) in [5.41, 5.74) is 7.24. The van der Waals surface area contributed by atoms with Gasteiger partial charge in [-0.3, -0.25) is 0 Å². The highest BCUT2D eigenvalue weighted by Gasteiger charge is 2.63. The van der Waals surface area contributed by atoms with Gasteiger partial charge in [0.25, 0.3) is 0 Å². The number of benzene rings is 2. The van der Waals surface area contributed by atoms with E-state index in [9.17, 15) is 0 Å². The standard InChI is InChI=1S/C48H55NO/c1-32-14-12-24-43-47(32)41-22-10-11-23-42(41)48(43,34-17-4-2-5-18-34)35-26-28-39-40-29-27-37(31-46(40)50-45(39)30-35)49(36-19-6-3-7-20-36)44-25-13-16-33-15-8-9-21-38(33)44/h2-6,10-11,13,16-18,22-23,25,27,29,31-33,35-36,38,41-43,47H,7-9,12,14-15,19-21,24,26,28,30H2,1H3. The van der Waals surface area contributed by atoms with Crippen LogP contribution in [-0.4, -0.2) is 6.04 Å². The van der Waals surface area contributed by atoms with Gasteiger partial charge in [0.2, 0.25) is 0 Å². The molecule has 0 N–H and O–H groups in total. The molecule has 1 aromatic heterocycles. The van der Waals surface area contributed by atoms with Crippen LogP contribution in [0, 0.1) is 47.3 Å².